The van der Waals surface area contributed by atoms with Gasteiger partial charge in [0.25, 0.3) is 0 Å². The second-order valence-corrected chi connectivity index (χ2v) is 15.2. The number of halogens is 2. The molecule has 0 saturated carbocycles. The van der Waals surface area contributed by atoms with E-state index in [-0.39, 0.29) is 41.3 Å². The van der Waals surface area contributed by atoms with Crippen LogP contribution < -0.4 is 16.0 Å². The monoisotopic (exact) mass is 725 g/mol. The Labute approximate surface area is 309 Å². The Bertz CT molecular complexity index is 1410. The Morgan fingerprint density at radius 2 is 1.40 bits per heavy atom. The largest absolute Gasteiger partial charge is 0.356 e. The summed E-state index contributed by atoms with van der Waals surface area (Å²) in [5.74, 6) is -0.860. The summed E-state index contributed by atoms with van der Waals surface area (Å²) in [6.45, 7) is 9.57. The quantitative estimate of drug-likeness (QED) is 0.138. The number of likely N-dealkylation sites (tertiary alicyclic amines) is 1. The molecule has 0 aliphatic carbocycles. The molecule has 1 aliphatic rings. The molecule has 9 nitrogen and oxygen atoms in total. The highest BCUT2D eigenvalue weighted by atomic mass is 19.1. The van der Waals surface area contributed by atoms with E-state index < -0.39 is 17.5 Å². The van der Waals surface area contributed by atoms with Crippen LogP contribution in [-0.2, 0) is 32.0 Å². The van der Waals surface area contributed by atoms with Gasteiger partial charge in [0.05, 0.1) is 6.04 Å². The zero-order chi connectivity index (χ0) is 38.1. The van der Waals surface area contributed by atoms with Crippen LogP contribution in [-0.4, -0.2) is 84.8 Å². The van der Waals surface area contributed by atoms with Gasteiger partial charge in [0.2, 0.25) is 23.6 Å². The summed E-state index contributed by atoms with van der Waals surface area (Å²) in [7, 11) is 1.71. The van der Waals surface area contributed by atoms with Gasteiger partial charge in [-0.25, -0.2) is 8.78 Å². The van der Waals surface area contributed by atoms with Crippen molar-refractivity contribution in [1.82, 2.24) is 25.8 Å². The molecule has 2 aromatic carbocycles. The van der Waals surface area contributed by atoms with Crippen molar-refractivity contribution in [3.05, 3.63) is 71.3 Å². The maximum atomic E-state index is 14.0. The highest BCUT2D eigenvalue weighted by molar-refractivity contribution is 5.90. The van der Waals surface area contributed by atoms with Gasteiger partial charge in [-0.2, -0.15) is 0 Å². The summed E-state index contributed by atoms with van der Waals surface area (Å²) >= 11 is 0. The van der Waals surface area contributed by atoms with Crippen LogP contribution in [0.25, 0.3) is 0 Å². The number of unbranched alkanes of at least 4 members (excludes halogenated alkanes) is 5. The molecule has 0 unspecified atom stereocenters. The van der Waals surface area contributed by atoms with Crippen molar-refractivity contribution < 1.29 is 28.0 Å². The van der Waals surface area contributed by atoms with Crippen LogP contribution in [0.1, 0.15) is 103 Å². The van der Waals surface area contributed by atoms with Gasteiger partial charge < -0.3 is 25.8 Å². The zero-order valence-electron chi connectivity index (χ0n) is 31.9. The van der Waals surface area contributed by atoms with Crippen LogP contribution in [0.2, 0.25) is 0 Å². The number of likely N-dealkylation sites (N-methyl/N-ethyl adjacent to an activating group) is 1. The third-order valence-corrected chi connectivity index (χ3v) is 9.95. The lowest BCUT2D eigenvalue weighted by Gasteiger charge is -2.37. The van der Waals surface area contributed by atoms with Gasteiger partial charge in [0.15, 0.2) is 0 Å². The number of benzene rings is 2. The predicted molar refractivity (Wildman–Crippen MR) is 201 cm³/mol. The van der Waals surface area contributed by atoms with E-state index in [1.807, 2.05) is 30.6 Å². The average molecular weight is 726 g/mol. The highest BCUT2D eigenvalue weighted by Gasteiger charge is 2.40. The molecular formula is C41H61F2N5O4. The van der Waals surface area contributed by atoms with Crippen LogP contribution in [0.5, 0.6) is 0 Å². The van der Waals surface area contributed by atoms with Gasteiger partial charge in [0.1, 0.15) is 17.7 Å². The summed E-state index contributed by atoms with van der Waals surface area (Å²) < 4.78 is 26.6. The van der Waals surface area contributed by atoms with E-state index in [0.717, 1.165) is 62.5 Å². The zero-order valence-corrected chi connectivity index (χ0v) is 31.9. The normalized spacial score (nSPS) is 15.6. The lowest BCUT2D eigenvalue weighted by atomic mass is 9.85. The fourth-order valence-electron chi connectivity index (χ4n) is 6.53. The molecule has 1 heterocycles. The predicted octanol–water partition coefficient (Wildman–Crippen LogP) is 5.95. The van der Waals surface area contributed by atoms with Crippen LogP contribution in [0.4, 0.5) is 8.78 Å². The van der Waals surface area contributed by atoms with Crippen molar-refractivity contribution in [2.75, 3.05) is 33.2 Å². The third kappa shape index (κ3) is 14.6. The molecule has 2 aromatic rings. The highest BCUT2D eigenvalue weighted by Crippen LogP contribution is 2.27. The minimum atomic E-state index is -0.707. The van der Waals surface area contributed by atoms with E-state index in [1.54, 1.807) is 38.2 Å². The molecule has 0 aromatic heterocycles. The molecule has 0 bridgehead atoms. The molecule has 52 heavy (non-hydrogen) atoms. The van der Waals surface area contributed by atoms with E-state index in [1.165, 1.54) is 24.3 Å². The standard InChI is InChI=1S/C41H61F2N5O4/c1-30(44-5)39(51)46-38(41(2,3)4)40(52)48-27-12-13-35(48)29-47(28-25-32-18-22-34(43)23-19-32)37(50)15-11-9-7-6-8-10-14-36(49)45-26-24-31-16-20-33(42)21-17-31/h16-23,30,35,38,44H,6-15,24-29H2,1-5H3,(H,45,49)(H,46,51)/t30-,35-,38+/m0/s1. The molecule has 3 atom stereocenters. The van der Waals surface area contributed by atoms with Crippen molar-refractivity contribution in [1.29, 1.82) is 0 Å². The van der Waals surface area contributed by atoms with Crippen molar-refractivity contribution in [3.8, 4) is 0 Å². The number of amides is 4. The van der Waals surface area contributed by atoms with E-state index in [0.29, 0.717) is 51.9 Å². The van der Waals surface area contributed by atoms with Gasteiger partial charge in [-0.05, 0) is 93.3 Å². The van der Waals surface area contributed by atoms with E-state index >= 15 is 0 Å². The van der Waals surface area contributed by atoms with Gasteiger partial charge in [-0.3, -0.25) is 19.2 Å². The fraction of sp³-hybridized carbons (Fsp3) is 0.610. The van der Waals surface area contributed by atoms with E-state index in [9.17, 15) is 28.0 Å². The van der Waals surface area contributed by atoms with Crippen LogP contribution in [0.3, 0.4) is 0 Å². The smallest absolute Gasteiger partial charge is 0.246 e. The average Bonchev–Trinajstić information content (AvgIpc) is 3.58. The minimum Gasteiger partial charge on any atom is -0.356 e. The van der Waals surface area contributed by atoms with Crippen molar-refractivity contribution >= 4 is 23.6 Å². The minimum absolute atomic E-state index is 0.0260. The van der Waals surface area contributed by atoms with Gasteiger partial charge in [0, 0.05) is 45.1 Å². The van der Waals surface area contributed by atoms with Crippen LogP contribution in [0.15, 0.2) is 48.5 Å². The molecule has 0 radical (unpaired) electrons. The maximum Gasteiger partial charge on any atom is 0.246 e. The summed E-state index contributed by atoms with van der Waals surface area (Å²) in [4.78, 5) is 56.4. The van der Waals surface area contributed by atoms with E-state index in [4.69, 9.17) is 0 Å². The Morgan fingerprint density at radius 3 is 1.98 bits per heavy atom. The summed E-state index contributed by atoms with van der Waals surface area (Å²) in [6, 6.07) is 11.3. The van der Waals surface area contributed by atoms with Crippen molar-refractivity contribution in [3.63, 3.8) is 0 Å². The van der Waals surface area contributed by atoms with Crippen LogP contribution >= 0.6 is 0 Å². The maximum absolute atomic E-state index is 14.0. The second kappa shape index (κ2) is 21.6. The number of nitrogens with one attached hydrogen (secondary N) is 3. The second-order valence-electron chi connectivity index (χ2n) is 15.2. The first-order valence-corrected chi connectivity index (χ1v) is 19.1. The molecule has 3 N–H and O–H groups in total. The molecule has 1 aliphatic heterocycles. The van der Waals surface area contributed by atoms with Gasteiger partial charge in [-0.1, -0.05) is 70.7 Å². The summed E-state index contributed by atoms with van der Waals surface area (Å²) in [6.07, 6.45) is 9.11. The molecule has 1 saturated heterocycles. The van der Waals surface area contributed by atoms with Gasteiger partial charge in [-0.15, -0.1) is 0 Å². The number of hydrogen-bond donors (Lipinski definition) is 3. The number of carbonyl (C=O) groups excluding carboxylic acids is 4. The topological polar surface area (TPSA) is 111 Å². The number of rotatable bonds is 21. The lowest BCUT2D eigenvalue weighted by Crippen LogP contribution is -2.59. The first kappa shape index (κ1) is 42.6. The molecule has 11 heteroatoms. The molecular weight excluding hydrogens is 664 g/mol. The number of hydrogen-bond acceptors (Lipinski definition) is 5. The van der Waals surface area contributed by atoms with Crippen molar-refractivity contribution in [2.24, 2.45) is 5.41 Å². The molecule has 4 amide bonds. The van der Waals surface area contributed by atoms with E-state index in [2.05, 4.69) is 16.0 Å². The summed E-state index contributed by atoms with van der Waals surface area (Å²) in [5.41, 5.74) is 1.41. The van der Waals surface area contributed by atoms with Crippen molar-refractivity contribution in [2.45, 2.75) is 123 Å². The number of nitrogens with zero attached hydrogens (tertiary/aromatic N) is 2. The van der Waals surface area contributed by atoms with Crippen LogP contribution in [0, 0.1) is 17.0 Å². The Morgan fingerprint density at radius 1 is 0.846 bits per heavy atom. The van der Waals surface area contributed by atoms with Gasteiger partial charge >= 0.3 is 0 Å². The summed E-state index contributed by atoms with van der Waals surface area (Å²) in [5, 5.41) is 8.84. The molecule has 1 fully saturated rings. The Kier molecular flexibility index (Phi) is 17.7. The SMILES string of the molecule is CN[C@@H](C)C(=O)N[C@H](C(=O)N1CCC[C@H]1CN(CCc1ccc(F)cc1)C(=O)CCCCCCCCC(=O)NCCc1ccc(F)cc1)C(C)(C)C. The molecule has 288 valence electrons. The molecule has 0 spiro atoms. The number of carbonyl (C=O) groups is 4. The first-order valence-electron chi connectivity index (χ1n) is 19.1. The fourth-order valence-corrected chi connectivity index (χ4v) is 6.53. The lowest BCUT2D eigenvalue weighted by molar-refractivity contribution is -0.142. The Balaban J connectivity index is 1.48. The molecule has 3 rings (SSSR count). The Hall–Kier alpha value is -3.86. The third-order valence-electron chi connectivity index (χ3n) is 9.95. The first-order chi connectivity index (χ1) is 24.8.